The predicted octanol–water partition coefficient (Wildman–Crippen LogP) is 2.46. The van der Waals surface area contributed by atoms with E-state index in [4.69, 9.17) is 5.73 Å². The molecule has 0 spiro atoms. The summed E-state index contributed by atoms with van der Waals surface area (Å²) in [6, 6.07) is -1.95. The van der Waals surface area contributed by atoms with E-state index in [-0.39, 0.29) is 17.7 Å². The maximum atomic E-state index is 12.8. The van der Waals surface area contributed by atoms with Gasteiger partial charge in [-0.2, -0.15) is 0 Å². The van der Waals surface area contributed by atoms with Crippen molar-refractivity contribution < 1.29 is 14.4 Å². The highest BCUT2D eigenvalue weighted by Crippen LogP contribution is 2.27. The van der Waals surface area contributed by atoms with Crippen LogP contribution in [-0.2, 0) is 14.4 Å². The molecule has 4 N–H and O–H groups in total. The van der Waals surface area contributed by atoms with Gasteiger partial charge in [0.05, 0.1) is 12.1 Å². The third-order valence-corrected chi connectivity index (χ3v) is 5.61. The molecule has 0 aromatic rings. The molecule has 0 bridgehead atoms. The molecule has 4 atom stereocenters. The summed E-state index contributed by atoms with van der Waals surface area (Å²) in [5.41, 5.74) is 5.95. The second-order valence-electron chi connectivity index (χ2n) is 8.53. The Morgan fingerprint density at radius 2 is 1.70 bits per heavy atom. The molecule has 1 radical (unpaired) electrons. The van der Waals surface area contributed by atoms with E-state index in [1.165, 1.54) is 19.3 Å². The van der Waals surface area contributed by atoms with Crippen LogP contribution in [0.15, 0.2) is 0 Å². The molecule has 1 aliphatic rings. The summed E-state index contributed by atoms with van der Waals surface area (Å²) in [5.74, 6) is 0.0663. The first kappa shape index (κ1) is 23.6. The molecular weight excluding hydrogens is 342 g/mol. The Kier molecular flexibility index (Phi) is 10.6. The molecule has 0 aromatic carbocycles. The number of carbonyl (C=O) groups excluding carboxylic acids is 3. The van der Waals surface area contributed by atoms with Gasteiger partial charge in [0.25, 0.3) is 0 Å². The Morgan fingerprint density at radius 3 is 2.22 bits per heavy atom. The van der Waals surface area contributed by atoms with E-state index in [0.717, 1.165) is 19.3 Å². The van der Waals surface area contributed by atoms with E-state index in [0.29, 0.717) is 24.7 Å². The van der Waals surface area contributed by atoms with Crippen molar-refractivity contribution in [2.24, 2.45) is 23.5 Å². The second-order valence-corrected chi connectivity index (χ2v) is 8.53. The smallest absolute Gasteiger partial charge is 0.243 e. The monoisotopic (exact) mass is 380 g/mol. The quantitative estimate of drug-likeness (QED) is 0.512. The van der Waals surface area contributed by atoms with Crippen molar-refractivity contribution in [2.75, 3.05) is 0 Å². The van der Waals surface area contributed by atoms with Gasteiger partial charge in [-0.15, -0.1) is 0 Å². The zero-order valence-electron chi connectivity index (χ0n) is 17.4. The van der Waals surface area contributed by atoms with Gasteiger partial charge in [0.2, 0.25) is 18.1 Å². The van der Waals surface area contributed by atoms with Crippen molar-refractivity contribution in [1.29, 1.82) is 0 Å². The van der Waals surface area contributed by atoms with Gasteiger partial charge in [0.1, 0.15) is 6.04 Å². The molecule has 27 heavy (non-hydrogen) atoms. The van der Waals surface area contributed by atoms with Crippen LogP contribution >= 0.6 is 0 Å². The molecule has 1 rings (SSSR count). The third-order valence-electron chi connectivity index (χ3n) is 5.61. The topological polar surface area (TPSA) is 101 Å². The number of nitrogens with one attached hydrogen (secondary N) is 2. The van der Waals surface area contributed by atoms with Crippen molar-refractivity contribution in [1.82, 2.24) is 10.6 Å². The first-order valence-electron chi connectivity index (χ1n) is 10.5. The lowest BCUT2D eigenvalue weighted by atomic mass is 9.85. The van der Waals surface area contributed by atoms with Crippen molar-refractivity contribution >= 4 is 18.1 Å². The van der Waals surface area contributed by atoms with Crippen molar-refractivity contribution in [2.45, 2.75) is 97.2 Å². The highest BCUT2D eigenvalue weighted by atomic mass is 16.2. The zero-order valence-corrected chi connectivity index (χ0v) is 17.4. The Balaban J connectivity index is 2.69. The van der Waals surface area contributed by atoms with Crippen LogP contribution in [0.1, 0.15) is 79.1 Å². The molecule has 1 unspecified atom stereocenters. The normalized spacial score (nSPS) is 19.8. The average Bonchev–Trinajstić information content (AvgIpc) is 2.64. The SMILES string of the molecule is CCC(C)[C@H](NC(=O)[C@@H](N)CC(C)C)C(=O)N[C@H]([C]=O)CC1CCCCC1. The Hall–Kier alpha value is -1.43. The first-order valence-corrected chi connectivity index (χ1v) is 10.5. The molecular formula is C21H38N3O3. The maximum absolute atomic E-state index is 12.8. The molecule has 6 heteroatoms. The summed E-state index contributed by atoms with van der Waals surface area (Å²) in [7, 11) is 0. The summed E-state index contributed by atoms with van der Waals surface area (Å²) in [5, 5.41) is 5.60. The number of rotatable bonds is 11. The van der Waals surface area contributed by atoms with E-state index in [1.807, 2.05) is 34.0 Å². The number of hydrogen-bond donors (Lipinski definition) is 3. The highest BCUT2D eigenvalue weighted by molar-refractivity contribution is 5.91. The third kappa shape index (κ3) is 8.41. The summed E-state index contributed by atoms with van der Waals surface area (Å²) in [4.78, 5) is 36.6. The van der Waals surface area contributed by atoms with Gasteiger partial charge in [-0.3, -0.25) is 14.4 Å². The zero-order chi connectivity index (χ0) is 20.4. The fourth-order valence-electron chi connectivity index (χ4n) is 3.73. The molecule has 0 heterocycles. The number of hydrogen-bond acceptors (Lipinski definition) is 4. The van der Waals surface area contributed by atoms with Crippen molar-refractivity contribution in [3.05, 3.63) is 0 Å². The largest absolute Gasteiger partial charge is 0.344 e. The minimum atomic E-state index is -0.692. The Bertz CT molecular complexity index is 475. The van der Waals surface area contributed by atoms with Crippen LogP contribution in [-0.4, -0.2) is 36.2 Å². The first-order chi connectivity index (χ1) is 12.8. The van der Waals surface area contributed by atoms with Gasteiger partial charge in [0.15, 0.2) is 0 Å². The lowest BCUT2D eigenvalue weighted by molar-refractivity contribution is -0.131. The van der Waals surface area contributed by atoms with Crippen molar-refractivity contribution in [3.63, 3.8) is 0 Å². The fourth-order valence-corrected chi connectivity index (χ4v) is 3.73. The molecule has 0 aliphatic heterocycles. The fraction of sp³-hybridized carbons (Fsp3) is 0.857. The van der Waals surface area contributed by atoms with E-state index >= 15 is 0 Å². The van der Waals surface area contributed by atoms with E-state index in [9.17, 15) is 14.4 Å². The molecule has 155 valence electrons. The lowest BCUT2D eigenvalue weighted by Gasteiger charge is -2.28. The van der Waals surface area contributed by atoms with Crippen LogP contribution < -0.4 is 16.4 Å². The molecule has 2 amide bonds. The van der Waals surface area contributed by atoms with Gasteiger partial charge < -0.3 is 16.4 Å². The summed E-state index contributed by atoms with van der Waals surface area (Å²) < 4.78 is 0. The van der Waals surface area contributed by atoms with Gasteiger partial charge in [0, 0.05) is 0 Å². The Morgan fingerprint density at radius 1 is 1.07 bits per heavy atom. The number of amides is 2. The molecule has 0 aromatic heterocycles. The van der Waals surface area contributed by atoms with E-state index in [2.05, 4.69) is 10.6 Å². The van der Waals surface area contributed by atoms with Crippen LogP contribution in [0, 0.1) is 17.8 Å². The summed E-state index contributed by atoms with van der Waals surface area (Å²) in [6.45, 7) is 7.89. The molecule has 1 fully saturated rings. The van der Waals surface area contributed by atoms with Gasteiger partial charge in [-0.25, -0.2) is 0 Å². The molecule has 1 aliphatic carbocycles. The van der Waals surface area contributed by atoms with E-state index in [1.54, 1.807) is 0 Å². The lowest BCUT2D eigenvalue weighted by Crippen LogP contribution is -2.56. The molecule has 0 saturated heterocycles. The standard InChI is InChI=1S/C21H38N3O3/c1-5-15(4)19(24-20(26)18(22)11-14(2)3)21(27)23-17(13-25)12-16-9-7-6-8-10-16/h14-19H,5-12,22H2,1-4H3,(H,23,27)(H,24,26)/t15?,17-,18-,19-/m0/s1. The highest BCUT2D eigenvalue weighted by Gasteiger charge is 2.30. The van der Waals surface area contributed by atoms with Crippen molar-refractivity contribution in [3.8, 4) is 0 Å². The summed E-state index contributed by atoms with van der Waals surface area (Å²) in [6.07, 6.45) is 9.71. The van der Waals surface area contributed by atoms with Gasteiger partial charge >= 0.3 is 0 Å². The van der Waals surface area contributed by atoms with Crippen LogP contribution in [0.25, 0.3) is 0 Å². The Labute approximate surface area is 164 Å². The average molecular weight is 381 g/mol. The minimum absolute atomic E-state index is 0.0535. The maximum Gasteiger partial charge on any atom is 0.243 e. The summed E-state index contributed by atoms with van der Waals surface area (Å²) >= 11 is 0. The van der Waals surface area contributed by atoms with Crippen LogP contribution in [0.4, 0.5) is 0 Å². The number of nitrogens with two attached hydrogens (primary N) is 1. The van der Waals surface area contributed by atoms with E-state index < -0.39 is 18.1 Å². The number of carbonyl (C=O) groups is 2. The second kappa shape index (κ2) is 12.1. The molecule has 1 saturated carbocycles. The van der Waals surface area contributed by atoms with Crippen LogP contribution in [0.2, 0.25) is 0 Å². The van der Waals surface area contributed by atoms with Crippen LogP contribution in [0.5, 0.6) is 0 Å². The van der Waals surface area contributed by atoms with Crippen LogP contribution in [0.3, 0.4) is 0 Å². The van der Waals surface area contributed by atoms with Gasteiger partial charge in [-0.1, -0.05) is 66.2 Å². The molecule has 6 nitrogen and oxygen atoms in total. The predicted molar refractivity (Wildman–Crippen MR) is 108 cm³/mol. The minimum Gasteiger partial charge on any atom is -0.344 e. The van der Waals surface area contributed by atoms with Gasteiger partial charge in [-0.05, 0) is 30.6 Å².